The molecule has 9 atom stereocenters. The van der Waals surface area contributed by atoms with Gasteiger partial charge in [0.15, 0.2) is 23.5 Å². The standard InChI is InChI=1S/C25H34O6/c1-4-5-21-30-20-11-17-16-7-6-14-10-15(27)8-9-23(14,2)22(16)18(28)12-24(17,3)25(20,31-21)19(29)13-26/h6,8-9,16-18,20-22,26,28H,4-5,7,10-13H2,1-3H3/t16?,17-,18-,20+,21?,22?,23?,24?,25+/m0/s1. The summed E-state index contributed by atoms with van der Waals surface area (Å²) in [6, 6.07) is 0. The van der Waals surface area contributed by atoms with E-state index < -0.39 is 36.1 Å². The molecule has 6 nitrogen and oxygen atoms in total. The minimum absolute atomic E-state index is 0.0125. The molecule has 0 radical (unpaired) electrons. The molecule has 2 saturated carbocycles. The molecule has 5 rings (SSSR count). The fraction of sp³-hybridized carbons (Fsp3) is 0.760. The zero-order valence-electron chi connectivity index (χ0n) is 18.7. The zero-order valence-corrected chi connectivity index (χ0v) is 18.7. The number of allylic oxidation sites excluding steroid dienone is 4. The van der Waals surface area contributed by atoms with Gasteiger partial charge in [-0.25, -0.2) is 0 Å². The fourth-order valence-electron chi connectivity index (χ4n) is 8.03. The molecule has 1 heterocycles. The predicted octanol–water partition coefficient (Wildman–Crippen LogP) is 2.72. The zero-order chi connectivity index (χ0) is 22.2. The number of carbonyl (C=O) groups excluding carboxylic acids is 2. The monoisotopic (exact) mass is 430 g/mol. The van der Waals surface area contributed by atoms with E-state index in [9.17, 15) is 19.8 Å². The van der Waals surface area contributed by atoms with Crippen LogP contribution in [-0.2, 0) is 19.1 Å². The fourth-order valence-corrected chi connectivity index (χ4v) is 8.03. The van der Waals surface area contributed by atoms with Gasteiger partial charge in [-0.05, 0) is 43.6 Å². The minimum atomic E-state index is -1.21. The van der Waals surface area contributed by atoms with Crippen molar-refractivity contribution in [3.8, 4) is 0 Å². The molecule has 2 N–H and O–H groups in total. The highest BCUT2D eigenvalue weighted by molar-refractivity contribution is 5.93. The van der Waals surface area contributed by atoms with Crippen LogP contribution in [0, 0.1) is 28.6 Å². The second kappa shape index (κ2) is 7.08. The maximum Gasteiger partial charge on any atom is 0.193 e. The van der Waals surface area contributed by atoms with Gasteiger partial charge in [0.2, 0.25) is 0 Å². The van der Waals surface area contributed by atoms with Crippen molar-refractivity contribution < 1.29 is 29.3 Å². The van der Waals surface area contributed by atoms with E-state index in [1.807, 2.05) is 6.08 Å². The number of hydrogen-bond donors (Lipinski definition) is 2. The highest BCUT2D eigenvalue weighted by Gasteiger charge is 2.75. The Morgan fingerprint density at radius 3 is 2.81 bits per heavy atom. The first-order valence-corrected chi connectivity index (χ1v) is 11.8. The van der Waals surface area contributed by atoms with Gasteiger partial charge in [0.25, 0.3) is 0 Å². The van der Waals surface area contributed by atoms with Crippen LogP contribution in [0.1, 0.15) is 59.3 Å². The third kappa shape index (κ3) is 2.65. The van der Waals surface area contributed by atoms with Gasteiger partial charge in [0, 0.05) is 23.2 Å². The normalized spacial score (nSPS) is 50.4. The van der Waals surface area contributed by atoms with Crippen LogP contribution in [0.3, 0.4) is 0 Å². The van der Waals surface area contributed by atoms with Crippen LogP contribution < -0.4 is 0 Å². The minimum Gasteiger partial charge on any atom is -0.393 e. The third-order valence-corrected chi connectivity index (χ3v) is 9.33. The average molecular weight is 431 g/mol. The smallest absolute Gasteiger partial charge is 0.193 e. The van der Waals surface area contributed by atoms with E-state index in [0.29, 0.717) is 25.7 Å². The van der Waals surface area contributed by atoms with Crippen molar-refractivity contribution in [2.24, 2.45) is 28.6 Å². The number of hydrogen-bond acceptors (Lipinski definition) is 6. The van der Waals surface area contributed by atoms with Crippen LogP contribution >= 0.6 is 0 Å². The summed E-state index contributed by atoms with van der Waals surface area (Å²) in [4.78, 5) is 25.2. The lowest BCUT2D eigenvalue weighted by Gasteiger charge is -2.59. The summed E-state index contributed by atoms with van der Waals surface area (Å²) >= 11 is 0. The van der Waals surface area contributed by atoms with E-state index in [4.69, 9.17) is 9.47 Å². The first-order chi connectivity index (χ1) is 14.7. The number of ether oxygens (including phenoxy) is 2. The summed E-state index contributed by atoms with van der Waals surface area (Å²) in [5.74, 6) is 0.0642. The lowest BCUT2D eigenvalue weighted by molar-refractivity contribution is -0.198. The van der Waals surface area contributed by atoms with Gasteiger partial charge in [0.05, 0.1) is 12.2 Å². The van der Waals surface area contributed by atoms with Crippen LogP contribution in [0.2, 0.25) is 0 Å². The Morgan fingerprint density at radius 1 is 1.32 bits per heavy atom. The molecule has 0 aromatic rings. The Kier molecular flexibility index (Phi) is 4.91. The highest BCUT2D eigenvalue weighted by atomic mass is 16.7. The molecule has 1 saturated heterocycles. The van der Waals surface area contributed by atoms with Crippen molar-refractivity contribution in [2.75, 3.05) is 6.61 Å². The van der Waals surface area contributed by atoms with E-state index in [1.165, 1.54) is 0 Å². The van der Waals surface area contributed by atoms with Gasteiger partial charge in [-0.1, -0.05) is 44.9 Å². The SMILES string of the molecule is CCCC1O[C@@H]2C[C@H]3C4CC=C5CC(=O)C=CC5(C)C4[C@@H](O)CC3(C)[C@]2(C(=O)CO)O1. The van der Waals surface area contributed by atoms with Crippen molar-refractivity contribution in [3.05, 3.63) is 23.8 Å². The van der Waals surface area contributed by atoms with Crippen molar-refractivity contribution in [2.45, 2.75) is 83.4 Å². The Morgan fingerprint density at radius 2 is 2.10 bits per heavy atom. The number of carbonyl (C=O) groups is 2. The summed E-state index contributed by atoms with van der Waals surface area (Å²) in [6.07, 6.45) is 8.28. The summed E-state index contributed by atoms with van der Waals surface area (Å²) in [5.41, 5.74) is -1.06. The Balaban J connectivity index is 1.56. The molecule has 31 heavy (non-hydrogen) atoms. The topological polar surface area (TPSA) is 93.1 Å². The van der Waals surface area contributed by atoms with Crippen molar-refractivity contribution >= 4 is 11.6 Å². The van der Waals surface area contributed by atoms with Crippen LogP contribution in [0.4, 0.5) is 0 Å². The number of fused-ring (bicyclic) bond motifs is 7. The molecule has 0 aromatic carbocycles. The Hall–Kier alpha value is -1.34. The van der Waals surface area contributed by atoms with E-state index in [1.54, 1.807) is 6.08 Å². The van der Waals surface area contributed by atoms with Crippen molar-refractivity contribution in [3.63, 3.8) is 0 Å². The molecule has 0 spiro atoms. The lowest BCUT2D eigenvalue weighted by Crippen LogP contribution is -2.63. The average Bonchev–Trinajstić information content (AvgIpc) is 3.20. The lowest BCUT2D eigenvalue weighted by atomic mass is 9.47. The van der Waals surface area contributed by atoms with Gasteiger partial charge < -0.3 is 19.7 Å². The first kappa shape index (κ1) is 21.5. The van der Waals surface area contributed by atoms with Crippen LogP contribution in [0.15, 0.2) is 23.8 Å². The van der Waals surface area contributed by atoms with Gasteiger partial charge in [-0.2, -0.15) is 0 Å². The molecule has 3 fully saturated rings. The second-order valence-corrected chi connectivity index (χ2v) is 10.7. The summed E-state index contributed by atoms with van der Waals surface area (Å²) in [5, 5.41) is 21.4. The highest BCUT2D eigenvalue weighted by Crippen LogP contribution is 2.69. The molecular formula is C25H34O6. The third-order valence-electron chi connectivity index (χ3n) is 9.33. The van der Waals surface area contributed by atoms with Crippen LogP contribution in [0.25, 0.3) is 0 Å². The molecule has 0 bridgehead atoms. The maximum absolute atomic E-state index is 13.2. The molecule has 0 amide bonds. The van der Waals surface area contributed by atoms with Crippen LogP contribution in [-0.4, -0.2) is 52.5 Å². The van der Waals surface area contributed by atoms with Gasteiger partial charge in [-0.3, -0.25) is 9.59 Å². The predicted molar refractivity (Wildman–Crippen MR) is 113 cm³/mol. The van der Waals surface area contributed by atoms with Crippen LogP contribution in [0.5, 0.6) is 0 Å². The largest absolute Gasteiger partial charge is 0.393 e. The quantitative estimate of drug-likeness (QED) is 0.666. The van der Waals surface area contributed by atoms with Gasteiger partial charge in [0.1, 0.15) is 6.61 Å². The van der Waals surface area contributed by atoms with E-state index in [2.05, 4.69) is 26.8 Å². The Labute approximate surface area is 183 Å². The van der Waals surface area contributed by atoms with Crippen molar-refractivity contribution in [1.82, 2.24) is 0 Å². The van der Waals surface area contributed by atoms with Gasteiger partial charge >= 0.3 is 0 Å². The molecule has 5 aliphatic rings. The summed E-state index contributed by atoms with van der Waals surface area (Å²) in [6.45, 7) is 5.66. The number of aliphatic hydroxyl groups is 2. The molecule has 1 aliphatic heterocycles. The van der Waals surface area contributed by atoms with E-state index in [0.717, 1.165) is 18.4 Å². The van der Waals surface area contributed by atoms with Gasteiger partial charge in [-0.15, -0.1) is 0 Å². The molecule has 0 aromatic heterocycles. The number of Topliss-reactive ketones (excluding diaryl/α,β-unsaturated/α-hetero) is 1. The van der Waals surface area contributed by atoms with E-state index in [-0.39, 0.29) is 34.7 Å². The second-order valence-electron chi connectivity index (χ2n) is 10.7. The maximum atomic E-state index is 13.2. The molecule has 170 valence electrons. The number of rotatable bonds is 4. The molecule has 6 heteroatoms. The summed E-state index contributed by atoms with van der Waals surface area (Å²) in [7, 11) is 0. The molecule has 4 aliphatic carbocycles. The summed E-state index contributed by atoms with van der Waals surface area (Å²) < 4.78 is 12.7. The van der Waals surface area contributed by atoms with E-state index >= 15 is 0 Å². The van der Waals surface area contributed by atoms with Crippen molar-refractivity contribution in [1.29, 1.82) is 0 Å². The Bertz CT molecular complexity index is 862. The number of aliphatic hydroxyl groups excluding tert-OH is 2. The molecule has 5 unspecified atom stereocenters. The molecular weight excluding hydrogens is 396 g/mol. The number of ketones is 2. The first-order valence-electron chi connectivity index (χ1n) is 11.8.